The molecule has 0 spiro atoms. The van der Waals surface area contributed by atoms with Crippen LogP contribution in [0.5, 0.6) is 5.88 Å². The number of anilines is 1. The van der Waals surface area contributed by atoms with Gasteiger partial charge in [-0.3, -0.25) is 9.69 Å². The van der Waals surface area contributed by atoms with Gasteiger partial charge in [0.2, 0.25) is 5.88 Å². The SMILES string of the molecule is O=C(Nc1ccc(CN2CCOCC2)cn1)c1ccnc(OC2CCCCC2)c1. The smallest absolute Gasteiger partial charge is 0.257 e. The molecule has 2 aliphatic rings. The molecule has 2 aromatic heterocycles. The number of pyridine rings is 2. The maximum absolute atomic E-state index is 12.6. The molecule has 1 aliphatic carbocycles. The monoisotopic (exact) mass is 396 g/mol. The number of nitrogens with zero attached hydrogens (tertiary/aromatic N) is 3. The second-order valence-electron chi connectivity index (χ2n) is 7.65. The lowest BCUT2D eigenvalue weighted by atomic mass is 9.98. The molecule has 1 amide bonds. The van der Waals surface area contributed by atoms with E-state index in [2.05, 4.69) is 20.2 Å². The highest BCUT2D eigenvalue weighted by Crippen LogP contribution is 2.22. The first kappa shape index (κ1) is 19.8. The molecule has 0 unspecified atom stereocenters. The van der Waals surface area contributed by atoms with Crippen molar-refractivity contribution in [2.24, 2.45) is 0 Å². The van der Waals surface area contributed by atoms with E-state index in [4.69, 9.17) is 9.47 Å². The summed E-state index contributed by atoms with van der Waals surface area (Å²) >= 11 is 0. The molecule has 154 valence electrons. The van der Waals surface area contributed by atoms with Crippen molar-refractivity contribution in [1.29, 1.82) is 0 Å². The predicted molar refractivity (Wildman–Crippen MR) is 110 cm³/mol. The van der Waals surface area contributed by atoms with Crippen molar-refractivity contribution < 1.29 is 14.3 Å². The Bertz CT molecular complexity index is 800. The number of aromatic nitrogens is 2. The molecular formula is C22H28N4O3. The summed E-state index contributed by atoms with van der Waals surface area (Å²) < 4.78 is 11.3. The Balaban J connectivity index is 1.33. The quantitative estimate of drug-likeness (QED) is 0.808. The molecule has 1 N–H and O–H groups in total. The van der Waals surface area contributed by atoms with Crippen molar-refractivity contribution in [2.75, 3.05) is 31.6 Å². The lowest BCUT2D eigenvalue weighted by molar-refractivity contribution is 0.0341. The molecule has 0 aromatic carbocycles. The number of ether oxygens (including phenoxy) is 2. The molecule has 0 radical (unpaired) electrons. The summed E-state index contributed by atoms with van der Waals surface area (Å²) in [5.74, 6) is 0.833. The normalized spacial score (nSPS) is 18.3. The molecule has 7 heteroatoms. The molecule has 2 fully saturated rings. The zero-order valence-corrected chi connectivity index (χ0v) is 16.7. The first-order valence-electron chi connectivity index (χ1n) is 10.5. The highest BCUT2D eigenvalue weighted by Gasteiger charge is 2.17. The minimum absolute atomic E-state index is 0.204. The fourth-order valence-electron chi connectivity index (χ4n) is 3.77. The lowest BCUT2D eigenvalue weighted by Gasteiger charge is -2.26. The van der Waals surface area contributed by atoms with E-state index in [1.807, 2.05) is 18.3 Å². The zero-order chi connectivity index (χ0) is 19.9. The van der Waals surface area contributed by atoms with Gasteiger partial charge in [-0.25, -0.2) is 9.97 Å². The highest BCUT2D eigenvalue weighted by molar-refractivity contribution is 6.03. The van der Waals surface area contributed by atoms with Crippen molar-refractivity contribution in [3.63, 3.8) is 0 Å². The summed E-state index contributed by atoms with van der Waals surface area (Å²) in [5, 5.41) is 2.85. The van der Waals surface area contributed by atoms with Crippen LogP contribution in [0.4, 0.5) is 5.82 Å². The van der Waals surface area contributed by atoms with Crippen LogP contribution in [-0.4, -0.2) is 53.2 Å². The summed E-state index contributed by atoms with van der Waals surface area (Å²) in [6.45, 7) is 4.27. The molecule has 1 aliphatic heterocycles. The molecule has 4 rings (SSSR count). The largest absolute Gasteiger partial charge is 0.474 e. The van der Waals surface area contributed by atoms with Crippen molar-refractivity contribution in [2.45, 2.75) is 44.8 Å². The zero-order valence-electron chi connectivity index (χ0n) is 16.7. The second kappa shape index (κ2) is 9.80. The molecule has 0 bridgehead atoms. The van der Waals surface area contributed by atoms with Gasteiger partial charge in [0.05, 0.1) is 13.2 Å². The maximum Gasteiger partial charge on any atom is 0.257 e. The van der Waals surface area contributed by atoms with Crippen LogP contribution in [0.2, 0.25) is 0 Å². The van der Waals surface area contributed by atoms with Crippen LogP contribution < -0.4 is 10.1 Å². The Hall–Kier alpha value is -2.51. The molecule has 1 saturated carbocycles. The van der Waals surface area contributed by atoms with Crippen LogP contribution in [0, 0.1) is 0 Å². The summed E-state index contributed by atoms with van der Waals surface area (Å²) in [5.41, 5.74) is 1.64. The Morgan fingerprint density at radius 1 is 1.14 bits per heavy atom. The van der Waals surface area contributed by atoms with Crippen molar-refractivity contribution in [3.05, 3.63) is 47.8 Å². The van der Waals surface area contributed by atoms with Gasteiger partial charge in [-0.1, -0.05) is 12.5 Å². The third kappa shape index (κ3) is 5.74. The van der Waals surface area contributed by atoms with Gasteiger partial charge in [-0.15, -0.1) is 0 Å². The van der Waals surface area contributed by atoms with Crippen molar-refractivity contribution in [3.8, 4) is 5.88 Å². The Kier molecular flexibility index (Phi) is 6.69. The summed E-state index contributed by atoms with van der Waals surface area (Å²) in [7, 11) is 0. The van der Waals surface area contributed by atoms with Gasteiger partial charge in [-0.2, -0.15) is 0 Å². The number of rotatable bonds is 6. The van der Waals surface area contributed by atoms with Gasteiger partial charge in [0.15, 0.2) is 0 Å². The van der Waals surface area contributed by atoms with E-state index in [1.54, 1.807) is 18.3 Å². The predicted octanol–water partition coefficient (Wildman–Crippen LogP) is 3.27. The van der Waals surface area contributed by atoms with Crippen LogP contribution >= 0.6 is 0 Å². The van der Waals surface area contributed by atoms with E-state index in [0.29, 0.717) is 17.3 Å². The third-order valence-electron chi connectivity index (χ3n) is 5.41. The number of hydrogen-bond donors (Lipinski definition) is 1. The Morgan fingerprint density at radius 2 is 1.97 bits per heavy atom. The minimum Gasteiger partial charge on any atom is -0.474 e. The van der Waals surface area contributed by atoms with Gasteiger partial charge in [0.25, 0.3) is 5.91 Å². The Morgan fingerprint density at radius 3 is 2.72 bits per heavy atom. The molecule has 7 nitrogen and oxygen atoms in total. The molecule has 0 atom stereocenters. The number of carbonyl (C=O) groups is 1. The molecular weight excluding hydrogens is 368 g/mol. The highest BCUT2D eigenvalue weighted by atomic mass is 16.5. The summed E-state index contributed by atoms with van der Waals surface area (Å²) in [6, 6.07) is 7.24. The standard InChI is InChI=1S/C22H28N4O3/c27-22(18-8-9-23-21(14-18)29-19-4-2-1-3-5-19)25-20-7-6-17(15-24-20)16-26-10-12-28-13-11-26/h6-9,14-15,19H,1-5,10-13,16H2,(H,24,25,27). The molecule has 2 aromatic rings. The maximum atomic E-state index is 12.6. The minimum atomic E-state index is -0.214. The van der Waals surface area contributed by atoms with Crippen LogP contribution in [0.3, 0.4) is 0 Å². The van der Waals surface area contributed by atoms with E-state index in [0.717, 1.165) is 51.3 Å². The Labute approximate surface area is 171 Å². The first-order chi connectivity index (χ1) is 14.3. The van der Waals surface area contributed by atoms with E-state index >= 15 is 0 Å². The van der Waals surface area contributed by atoms with Gasteiger partial charge in [-0.05, 0) is 43.4 Å². The van der Waals surface area contributed by atoms with Gasteiger partial charge < -0.3 is 14.8 Å². The van der Waals surface area contributed by atoms with E-state index in [1.165, 1.54) is 19.3 Å². The molecule has 1 saturated heterocycles. The third-order valence-corrected chi connectivity index (χ3v) is 5.41. The van der Waals surface area contributed by atoms with E-state index in [-0.39, 0.29) is 12.0 Å². The second-order valence-corrected chi connectivity index (χ2v) is 7.65. The summed E-state index contributed by atoms with van der Waals surface area (Å²) in [6.07, 6.45) is 9.40. The van der Waals surface area contributed by atoms with Gasteiger partial charge >= 0.3 is 0 Å². The topological polar surface area (TPSA) is 76.6 Å². The number of amides is 1. The van der Waals surface area contributed by atoms with Crippen LogP contribution in [0.15, 0.2) is 36.7 Å². The first-order valence-corrected chi connectivity index (χ1v) is 10.5. The van der Waals surface area contributed by atoms with Gasteiger partial charge in [0, 0.05) is 43.7 Å². The van der Waals surface area contributed by atoms with E-state index < -0.39 is 0 Å². The summed E-state index contributed by atoms with van der Waals surface area (Å²) in [4.78, 5) is 23.6. The van der Waals surface area contributed by atoms with Crippen LogP contribution in [0.1, 0.15) is 48.0 Å². The van der Waals surface area contributed by atoms with Crippen molar-refractivity contribution >= 4 is 11.7 Å². The average molecular weight is 396 g/mol. The number of nitrogens with one attached hydrogen (secondary N) is 1. The van der Waals surface area contributed by atoms with Gasteiger partial charge in [0.1, 0.15) is 11.9 Å². The lowest BCUT2D eigenvalue weighted by Crippen LogP contribution is -2.35. The van der Waals surface area contributed by atoms with Crippen LogP contribution in [-0.2, 0) is 11.3 Å². The van der Waals surface area contributed by atoms with Crippen molar-refractivity contribution in [1.82, 2.24) is 14.9 Å². The van der Waals surface area contributed by atoms with E-state index in [9.17, 15) is 4.79 Å². The van der Waals surface area contributed by atoms with Crippen LogP contribution in [0.25, 0.3) is 0 Å². The average Bonchev–Trinajstić information content (AvgIpc) is 2.77. The molecule has 3 heterocycles. The number of morpholine rings is 1. The number of carbonyl (C=O) groups excluding carboxylic acids is 1. The fraction of sp³-hybridized carbons (Fsp3) is 0.500. The molecule has 29 heavy (non-hydrogen) atoms. The number of hydrogen-bond acceptors (Lipinski definition) is 6. The fourth-order valence-corrected chi connectivity index (χ4v) is 3.77.